The molecule has 2 heterocycles. The number of hydrogen-bond donors (Lipinski definition) is 1. The highest BCUT2D eigenvalue weighted by Gasteiger charge is 2.55. The zero-order chi connectivity index (χ0) is 24.9. The van der Waals surface area contributed by atoms with Crippen LogP contribution in [0.15, 0.2) is 42.5 Å². The number of likely N-dealkylation sites (tertiary alicyclic amines) is 1. The van der Waals surface area contributed by atoms with E-state index >= 15 is 0 Å². The summed E-state index contributed by atoms with van der Waals surface area (Å²) in [5, 5.41) is 11.2. The van der Waals surface area contributed by atoms with Crippen LogP contribution in [0, 0.1) is 17.8 Å². The molecule has 10 heteroatoms. The number of hydrogen-bond acceptors (Lipinski definition) is 4. The zero-order valence-corrected chi connectivity index (χ0v) is 21.4. The topological polar surface area (TPSA) is 95.0 Å². The number of halogens is 2. The molecule has 0 aromatic heterocycles. The molecule has 0 spiro atoms. The van der Waals surface area contributed by atoms with E-state index in [0.717, 1.165) is 12.8 Å². The Morgan fingerprint density at radius 1 is 1.03 bits per heavy atom. The summed E-state index contributed by atoms with van der Waals surface area (Å²) in [6, 6.07) is 3.23. The molecule has 1 saturated carbocycles. The molecule has 35 heavy (non-hydrogen) atoms. The molecule has 0 bridgehead atoms. The molecule has 1 N–H and O–H groups in total. The number of carboxylic acids is 1. The van der Waals surface area contributed by atoms with Crippen molar-refractivity contribution in [3.05, 3.63) is 58.1 Å². The Balaban J connectivity index is 1.67. The van der Waals surface area contributed by atoms with Gasteiger partial charge in [0.15, 0.2) is 0 Å². The molecule has 6 atom stereocenters. The number of piperidine rings is 1. The molecule has 3 fully saturated rings. The zero-order valence-electron chi connectivity index (χ0n) is 19.1. The maximum Gasteiger partial charge on any atom is 0.309 e. The lowest BCUT2D eigenvalue weighted by atomic mass is 9.68. The summed E-state index contributed by atoms with van der Waals surface area (Å²) in [4.78, 5) is 28.6. The first kappa shape index (κ1) is 24.8. The van der Waals surface area contributed by atoms with Gasteiger partial charge in [-0.05, 0) is 37.0 Å². The van der Waals surface area contributed by atoms with E-state index in [1.54, 1.807) is 51.7 Å². The van der Waals surface area contributed by atoms with E-state index in [1.165, 1.54) is 0 Å². The van der Waals surface area contributed by atoms with Gasteiger partial charge >= 0.3 is 5.97 Å². The van der Waals surface area contributed by atoms with Crippen LogP contribution in [-0.2, 0) is 19.6 Å². The molecule has 2 saturated heterocycles. The van der Waals surface area contributed by atoms with Crippen LogP contribution < -0.4 is 0 Å². The second-order valence-electron chi connectivity index (χ2n) is 9.79. The summed E-state index contributed by atoms with van der Waals surface area (Å²) < 4.78 is 27.3. The van der Waals surface area contributed by atoms with Gasteiger partial charge in [-0.15, -0.1) is 0 Å². The summed E-state index contributed by atoms with van der Waals surface area (Å²) >= 11 is 12.8. The van der Waals surface area contributed by atoms with E-state index in [9.17, 15) is 23.1 Å². The van der Waals surface area contributed by atoms with Crippen molar-refractivity contribution in [1.82, 2.24) is 9.21 Å². The van der Waals surface area contributed by atoms with E-state index in [4.69, 9.17) is 23.2 Å². The molecule has 2 aliphatic carbocycles. The second-order valence-corrected chi connectivity index (χ2v) is 12.7. The van der Waals surface area contributed by atoms with Gasteiger partial charge < -0.3 is 10.0 Å². The van der Waals surface area contributed by atoms with Gasteiger partial charge in [0, 0.05) is 34.6 Å². The number of amides is 1. The van der Waals surface area contributed by atoms with Gasteiger partial charge in [0.25, 0.3) is 0 Å². The molecular formula is C25H28Cl2N2O5S. The summed E-state index contributed by atoms with van der Waals surface area (Å²) in [7, 11) is -3.41. The molecule has 5 rings (SSSR count). The third-order valence-electron chi connectivity index (χ3n) is 7.90. The molecule has 2 aliphatic heterocycles. The van der Waals surface area contributed by atoms with Gasteiger partial charge in [0.1, 0.15) is 0 Å². The summed E-state index contributed by atoms with van der Waals surface area (Å²) in [5.74, 6) is -3.20. The summed E-state index contributed by atoms with van der Waals surface area (Å²) in [5.41, 5.74) is 0.520. The van der Waals surface area contributed by atoms with Crippen molar-refractivity contribution in [1.29, 1.82) is 0 Å². The Morgan fingerprint density at radius 2 is 1.74 bits per heavy atom. The highest BCUT2D eigenvalue weighted by Crippen LogP contribution is 2.50. The summed E-state index contributed by atoms with van der Waals surface area (Å²) in [6.07, 6.45) is 10.6. The van der Waals surface area contributed by atoms with Crippen LogP contribution in [0.4, 0.5) is 0 Å². The van der Waals surface area contributed by atoms with Crippen molar-refractivity contribution in [2.45, 2.75) is 50.2 Å². The Morgan fingerprint density at radius 3 is 2.40 bits per heavy atom. The van der Waals surface area contributed by atoms with Crippen molar-refractivity contribution in [2.24, 2.45) is 17.8 Å². The number of carboxylic acid groups (broad SMARTS) is 1. The highest BCUT2D eigenvalue weighted by atomic mass is 35.5. The number of rotatable bonds is 4. The van der Waals surface area contributed by atoms with E-state index in [1.807, 2.05) is 0 Å². The Labute approximate surface area is 215 Å². The SMILES string of the molecule is O=C(O)C1C2C=CC=CC2C(=O)N(C2CCCCC2N2CCCS2(=O)=O)C1c1ccc(Cl)cc1Cl. The number of allylic oxidation sites excluding steroid dienone is 3. The number of fused-ring (bicyclic) bond motifs is 1. The van der Waals surface area contributed by atoms with Crippen LogP contribution in [0.3, 0.4) is 0 Å². The fourth-order valence-corrected chi connectivity index (χ4v) is 8.76. The number of sulfonamides is 1. The standard InChI is InChI=1S/C25H28Cl2N2O5S/c26-15-10-11-18(19(27)14-15)23-22(25(31)32)16-6-1-2-7-17(16)24(30)29(23)21-9-4-3-8-20(21)28-12-5-13-35(28,33)34/h1-2,6-7,10-11,14,16-17,20-23H,3-5,8-9,12-13H2,(H,31,32). The van der Waals surface area contributed by atoms with Crippen molar-refractivity contribution < 1.29 is 23.1 Å². The second kappa shape index (κ2) is 9.54. The van der Waals surface area contributed by atoms with Crippen LogP contribution in [0.5, 0.6) is 0 Å². The molecule has 1 amide bonds. The van der Waals surface area contributed by atoms with E-state index in [2.05, 4.69) is 0 Å². The molecular weight excluding hydrogens is 511 g/mol. The first-order valence-electron chi connectivity index (χ1n) is 12.0. The lowest BCUT2D eigenvalue weighted by molar-refractivity contribution is -0.163. The minimum atomic E-state index is -3.41. The van der Waals surface area contributed by atoms with Crippen LogP contribution in [0.1, 0.15) is 43.7 Å². The molecule has 1 aromatic carbocycles. The van der Waals surface area contributed by atoms with Gasteiger partial charge in [-0.1, -0.05) is 66.4 Å². The van der Waals surface area contributed by atoms with E-state index in [-0.39, 0.29) is 17.7 Å². The molecule has 6 unspecified atom stereocenters. The highest BCUT2D eigenvalue weighted by molar-refractivity contribution is 7.89. The van der Waals surface area contributed by atoms with Gasteiger partial charge in [-0.25, -0.2) is 8.42 Å². The summed E-state index contributed by atoms with van der Waals surface area (Å²) in [6.45, 7) is 0.426. The van der Waals surface area contributed by atoms with Crippen LogP contribution >= 0.6 is 23.2 Å². The molecule has 1 aromatic rings. The Bertz CT molecular complexity index is 1200. The average molecular weight is 539 g/mol. The predicted octanol–water partition coefficient (Wildman–Crippen LogP) is 4.28. The van der Waals surface area contributed by atoms with E-state index < -0.39 is 45.8 Å². The monoisotopic (exact) mass is 538 g/mol. The van der Waals surface area contributed by atoms with Crippen molar-refractivity contribution in [3.63, 3.8) is 0 Å². The maximum atomic E-state index is 14.1. The van der Waals surface area contributed by atoms with Crippen molar-refractivity contribution in [3.8, 4) is 0 Å². The Hall–Kier alpha value is -1.87. The average Bonchev–Trinajstić information content (AvgIpc) is 3.17. The van der Waals surface area contributed by atoms with Crippen LogP contribution in [0.2, 0.25) is 10.0 Å². The minimum absolute atomic E-state index is 0.104. The van der Waals surface area contributed by atoms with Crippen LogP contribution in [-0.4, -0.2) is 59.0 Å². The third-order valence-corrected chi connectivity index (χ3v) is 10.4. The number of carbonyl (C=O) groups is 2. The minimum Gasteiger partial charge on any atom is -0.481 e. The number of nitrogens with zero attached hydrogens (tertiary/aromatic N) is 2. The first-order valence-corrected chi connectivity index (χ1v) is 14.4. The van der Waals surface area contributed by atoms with Crippen LogP contribution in [0.25, 0.3) is 0 Å². The molecule has 7 nitrogen and oxygen atoms in total. The normalized spacial score (nSPS) is 34.7. The lowest BCUT2D eigenvalue weighted by Crippen LogP contribution is -2.62. The smallest absolute Gasteiger partial charge is 0.309 e. The van der Waals surface area contributed by atoms with Gasteiger partial charge in [0.2, 0.25) is 15.9 Å². The quantitative estimate of drug-likeness (QED) is 0.617. The predicted molar refractivity (Wildman–Crippen MR) is 134 cm³/mol. The fourth-order valence-electron chi connectivity index (χ4n) is 6.44. The van der Waals surface area contributed by atoms with Gasteiger partial charge in [-0.3, -0.25) is 9.59 Å². The number of aliphatic carboxylic acids is 1. The number of benzene rings is 1. The lowest BCUT2D eigenvalue weighted by Gasteiger charge is -2.53. The Kier molecular flexibility index (Phi) is 6.76. The largest absolute Gasteiger partial charge is 0.481 e. The third kappa shape index (κ3) is 4.32. The molecule has 188 valence electrons. The van der Waals surface area contributed by atoms with Crippen molar-refractivity contribution >= 4 is 45.1 Å². The molecule has 4 aliphatic rings. The van der Waals surface area contributed by atoms with E-state index in [0.29, 0.717) is 41.4 Å². The first-order chi connectivity index (χ1) is 16.7. The maximum absolute atomic E-state index is 14.1. The van der Waals surface area contributed by atoms with Crippen molar-refractivity contribution in [2.75, 3.05) is 12.3 Å². The van der Waals surface area contributed by atoms with Gasteiger partial charge in [-0.2, -0.15) is 4.31 Å². The van der Waals surface area contributed by atoms with Gasteiger partial charge in [0.05, 0.1) is 23.6 Å². The number of carbonyl (C=O) groups excluding carboxylic acids is 1. The molecule has 0 radical (unpaired) electrons. The fraction of sp³-hybridized carbons (Fsp3) is 0.520.